The van der Waals surface area contributed by atoms with Gasteiger partial charge in [0.25, 0.3) is 0 Å². The average molecular weight is 198 g/mol. The number of hydrogen-bond donors (Lipinski definition) is 1. The van der Waals surface area contributed by atoms with Crippen molar-refractivity contribution in [1.29, 1.82) is 0 Å². The van der Waals surface area contributed by atoms with Crippen LogP contribution in [0.4, 0.5) is 8.78 Å². The molecule has 1 saturated carbocycles. The molecule has 0 spiro atoms. The van der Waals surface area contributed by atoms with Crippen molar-refractivity contribution in [1.82, 2.24) is 0 Å². The summed E-state index contributed by atoms with van der Waals surface area (Å²) in [6.07, 6.45) is 1.86. The van der Waals surface area contributed by atoms with E-state index in [0.29, 0.717) is 12.3 Å². The van der Waals surface area contributed by atoms with Gasteiger partial charge < -0.3 is 5.11 Å². The molecular formula is C11H12F2O. The number of aliphatic hydroxyl groups excluding tert-OH is 1. The van der Waals surface area contributed by atoms with Gasteiger partial charge in [-0.05, 0) is 18.4 Å². The quantitative estimate of drug-likeness (QED) is 0.791. The predicted octanol–water partition coefficient (Wildman–Crippen LogP) is 2.80. The summed E-state index contributed by atoms with van der Waals surface area (Å²) >= 11 is 0. The topological polar surface area (TPSA) is 20.2 Å². The highest BCUT2D eigenvalue weighted by atomic mass is 19.2. The minimum Gasteiger partial charge on any atom is -0.388 e. The van der Waals surface area contributed by atoms with Crippen LogP contribution in [0.5, 0.6) is 0 Å². The molecule has 1 unspecified atom stereocenters. The van der Waals surface area contributed by atoms with Gasteiger partial charge in [0.05, 0.1) is 6.10 Å². The zero-order valence-electron chi connectivity index (χ0n) is 7.71. The third-order valence-electron chi connectivity index (χ3n) is 2.59. The first kappa shape index (κ1) is 9.59. The smallest absolute Gasteiger partial charge is 0.164 e. The highest BCUT2D eigenvalue weighted by Crippen LogP contribution is 2.38. The summed E-state index contributed by atoms with van der Waals surface area (Å²) in [4.78, 5) is 0. The van der Waals surface area contributed by atoms with Gasteiger partial charge in [-0.1, -0.05) is 25.0 Å². The normalized spacial score (nSPS) is 18.2. The highest BCUT2D eigenvalue weighted by molar-refractivity contribution is 5.21. The van der Waals surface area contributed by atoms with E-state index in [4.69, 9.17) is 0 Å². The van der Waals surface area contributed by atoms with Crippen molar-refractivity contribution in [2.45, 2.75) is 25.4 Å². The van der Waals surface area contributed by atoms with E-state index in [1.807, 2.05) is 0 Å². The fraction of sp³-hybridized carbons (Fsp3) is 0.455. The Labute approximate surface area is 81.4 Å². The molecule has 1 N–H and O–H groups in total. The van der Waals surface area contributed by atoms with Gasteiger partial charge in [-0.2, -0.15) is 0 Å². The third kappa shape index (κ3) is 1.93. The van der Waals surface area contributed by atoms with Crippen molar-refractivity contribution in [3.63, 3.8) is 0 Å². The van der Waals surface area contributed by atoms with Crippen molar-refractivity contribution in [3.8, 4) is 0 Å². The Morgan fingerprint density at radius 1 is 1.36 bits per heavy atom. The molecule has 14 heavy (non-hydrogen) atoms. The number of aliphatic hydroxyl groups is 1. The van der Waals surface area contributed by atoms with Crippen molar-refractivity contribution in [2.24, 2.45) is 5.92 Å². The second-order valence-electron chi connectivity index (χ2n) is 3.84. The van der Waals surface area contributed by atoms with Gasteiger partial charge in [-0.3, -0.25) is 0 Å². The molecule has 0 aliphatic heterocycles. The van der Waals surface area contributed by atoms with Crippen molar-refractivity contribution < 1.29 is 13.9 Å². The van der Waals surface area contributed by atoms with E-state index in [0.717, 1.165) is 18.9 Å². The molecule has 1 aliphatic carbocycles. The Morgan fingerprint density at radius 3 is 2.71 bits per heavy atom. The minimum absolute atomic E-state index is 0.0805. The van der Waals surface area contributed by atoms with E-state index in [9.17, 15) is 13.9 Å². The maximum atomic E-state index is 13.2. The molecule has 1 aliphatic rings. The summed E-state index contributed by atoms with van der Waals surface area (Å²) in [7, 11) is 0. The first-order valence-corrected chi connectivity index (χ1v) is 4.80. The SMILES string of the molecule is OC(CC1CC1)c1cccc(F)c1F. The minimum atomic E-state index is -0.916. The second-order valence-corrected chi connectivity index (χ2v) is 3.84. The molecule has 0 aromatic heterocycles. The van der Waals surface area contributed by atoms with Gasteiger partial charge in [0.1, 0.15) is 0 Å². The maximum Gasteiger partial charge on any atom is 0.164 e. The van der Waals surface area contributed by atoms with E-state index >= 15 is 0 Å². The van der Waals surface area contributed by atoms with Gasteiger partial charge in [-0.15, -0.1) is 0 Å². The number of rotatable bonds is 3. The zero-order chi connectivity index (χ0) is 10.1. The zero-order valence-corrected chi connectivity index (χ0v) is 7.71. The standard InChI is InChI=1S/C11H12F2O/c12-9-3-1-2-8(11(9)13)10(14)6-7-4-5-7/h1-3,7,10,14H,4-6H2. The van der Waals surface area contributed by atoms with Crippen LogP contribution < -0.4 is 0 Å². The van der Waals surface area contributed by atoms with E-state index in [1.165, 1.54) is 12.1 Å². The van der Waals surface area contributed by atoms with Crippen molar-refractivity contribution >= 4 is 0 Å². The van der Waals surface area contributed by atoms with Crippen LogP contribution in [0.1, 0.15) is 30.9 Å². The summed E-state index contributed by atoms with van der Waals surface area (Å²) < 4.78 is 26.0. The van der Waals surface area contributed by atoms with Crippen molar-refractivity contribution in [2.75, 3.05) is 0 Å². The Kier molecular flexibility index (Phi) is 2.50. The van der Waals surface area contributed by atoms with Gasteiger partial charge in [0.15, 0.2) is 11.6 Å². The molecule has 0 radical (unpaired) electrons. The molecule has 0 saturated heterocycles. The largest absolute Gasteiger partial charge is 0.388 e. The van der Waals surface area contributed by atoms with Crippen LogP contribution in [0.3, 0.4) is 0 Å². The van der Waals surface area contributed by atoms with Crippen LogP contribution in [0.15, 0.2) is 18.2 Å². The first-order chi connectivity index (χ1) is 6.68. The van der Waals surface area contributed by atoms with Gasteiger partial charge in [0, 0.05) is 5.56 Å². The summed E-state index contributed by atoms with van der Waals surface area (Å²) in [5, 5.41) is 9.63. The summed E-state index contributed by atoms with van der Waals surface area (Å²) in [6.45, 7) is 0. The van der Waals surface area contributed by atoms with Crippen LogP contribution in [-0.4, -0.2) is 5.11 Å². The Hall–Kier alpha value is -0.960. The van der Waals surface area contributed by atoms with Crippen LogP contribution >= 0.6 is 0 Å². The highest BCUT2D eigenvalue weighted by Gasteiger charge is 2.26. The number of benzene rings is 1. The lowest BCUT2D eigenvalue weighted by molar-refractivity contribution is 0.154. The van der Waals surface area contributed by atoms with E-state index in [-0.39, 0.29) is 5.56 Å². The van der Waals surface area contributed by atoms with E-state index < -0.39 is 17.7 Å². The van der Waals surface area contributed by atoms with E-state index in [2.05, 4.69) is 0 Å². The van der Waals surface area contributed by atoms with Crippen molar-refractivity contribution in [3.05, 3.63) is 35.4 Å². The summed E-state index contributed by atoms with van der Waals surface area (Å²) in [6, 6.07) is 3.91. The number of hydrogen-bond acceptors (Lipinski definition) is 1. The molecule has 1 fully saturated rings. The molecule has 1 atom stereocenters. The molecular weight excluding hydrogens is 186 g/mol. The van der Waals surface area contributed by atoms with Gasteiger partial charge in [-0.25, -0.2) is 8.78 Å². The molecule has 1 nitrogen and oxygen atoms in total. The lowest BCUT2D eigenvalue weighted by Crippen LogP contribution is -2.03. The molecule has 1 aromatic rings. The van der Waals surface area contributed by atoms with Crippen LogP contribution in [0.2, 0.25) is 0 Å². The molecule has 0 heterocycles. The number of halogens is 2. The van der Waals surface area contributed by atoms with Gasteiger partial charge in [0.2, 0.25) is 0 Å². The van der Waals surface area contributed by atoms with E-state index in [1.54, 1.807) is 0 Å². The molecule has 3 heteroatoms. The van der Waals surface area contributed by atoms with Crippen LogP contribution in [-0.2, 0) is 0 Å². The average Bonchev–Trinajstić information content (AvgIpc) is 2.93. The lowest BCUT2D eigenvalue weighted by Gasteiger charge is -2.11. The maximum absolute atomic E-state index is 13.2. The fourth-order valence-electron chi connectivity index (χ4n) is 1.57. The fourth-order valence-corrected chi connectivity index (χ4v) is 1.57. The molecule has 1 aromatic carbocycles. The molecule has 76 valence electrons. The molecule has 0 bridgehead atoms. The van der Waals surface area contributed by atoms with Gasteiger partial charge >= 0.3 is 0 Å². The van der Waals surface area contributed by atoms with Crippen LogP contribution in [0, 0.1) is 17.6 Å². The molecule has 2 rings (SSSR count). The lowest BCUT2D eigenvalue weighted by atomic mass is 10.0. The summed E-state index contributed by atoms with van der Waals surface area (Å²) in [5.74, 6) is -1.31. The second kappa shape index (κ2) is 3.65. The summed E-state index contributed by atoms with van der Waals surface area (Å²) in [5.41, 5.74) is 0.0805. The first-order valence-electron chi connectivity index (χ1n) is 4.80. The Morgan fingerprint density at radius 2 is 2.07 bits per heavy atom. The Balaban J connectivity index is 2.16. The predicted molar refractivity (Wildman–Crippen MR) is 48.7 cm³/mol. The van der Waals surface area contributed by atoms with Crippen LogP contribution in [0.25, 0.3) is 0 Å². The third-order valence-corrected chi connectivity index (χ3v) is 2.59. The Bertz CT molecular complexity index is 334. The monoisotopic (exact) mass is 198 g/mol. The molecule has 0 amide bonds.